The Morgan fingerprint density at radius 2 is 2.00 bits per heavy atom. The average Bonchev–Trinajstić information content (AvgIpc) is 2.37. The first-order chi connectivity index (χ1) is 8.99. The summed E-state index contributed by atoms with van der Waals surface area (Å²) < 4.78 is 30.8. The molecule has 0 amide bonds. The molecule has 0 atom stereocenters. The molecule has 0 unspecified atom stereocenters. The van der Waals surface area contributed by atoms with Gasteiger partial charge in [-0.1, -0.05) is 18.2 Å². The lowest BCUT2D eigenvalue weighted by molar-refractivity contribution is 0.182. The lowest BCUT2D eigenvalue weighted by Gasteiger charge is -2.20. The molecule has 0 aliphatic rings. The largest absolute Gasteiger partial charge is 0.399 e. The van der Waals surface area contributed by atoms with Crippen LogP contribution in [0.2, 0.25) is 0 Å². The van der Waals surface area contributed by atoms with E-state index in [4.69, 9.17) is 10.5 Å². The predicted octanol–water partition coefficient (Wildman–Crippen LogP) is 1.23. The molecule has 0 saturated heterocycles. The summed E-state index contributed by atoms with van der Waals surface area (Å²) >= 11 is 0. The number of hydrogen-bond acceptors (Lipinski definition) is 4. The number of hydrogen-bond donors (Lipinski definition) is 1. The maximum atomic E-state index is 12.3. The van der Waals surface area contributed by atoms with Crippen molar-refractivity contribution in [1.29, 1.82) is 0 Å². The number of sulfonamides is 1. The van der Waals surface area contributed by atoms with Gasteiger partial charge in [0.05, 0.1) is 12.4 Å². The number of nitrogens with two attached hydrogens (primary N) is 1. The minimum absolute atomic E-state index is 0.0508. The molecule has 1 aromatic carbocycles. The van der Waals surface area contributed by atoms with Gasteiger partial charge < -0.3 is 10.5 Å². The summed E-state index contributed by atoms with van der Waals surface area (Å²) in [4.78, 5) is 0. The second-order valence-electron chi connectivity index (χ2n) is 4.14. The third kappa shape index (κ3) is 5.02. The molecule has 6 heteroatoms. The molecule has 1 aromatic rings. The van der Waals surface area contributed by atoms with E-state index < -0.39 is 10.0 Å². The molecule has 19 heavy (non-hydrogen) atoms. The minimum atomic E-state index is -3.38. The van der Waals surface area contributed by atoms with Gasteiger partial charge in [-0.3, -0.25) is 0 Å². The number of anilines is 1. The monoisotopic (exact) mass is 284 g/mol. The van der Waals surface area contributed by atoms with E-state index in [0.29, 0.717) is 24.4 Å². The van der Waals surface area contributed by atoms with Gasteiger partial charge in [-0.05, 0) is 17.7 Å². The van der Waals surface area contributed by atoms with Gasteiger partial charge in [-0.2, -0.15) is 4.31 Å². The molecule has 0 radical (unpaired) electrons. The van der Waals surface area contributed by atoms with Crippen molar-refractivity contribution in [3.8, 4) is 0 Å². The molecule has 0 aliphatic heterocycles. The van der Waals surface area contributed by atoms with Gasteiger partial charge in [-0.25, -0.2) is 8.42 Å². The molecule has 0 saturated carbocycles. The van der Waals surface area contributed by atoms with Crippen LogP contribution in [0.4, 0.5) is 5.69 Å². The molecule has 5 nitrogen and oxygen atoms in total. The number of rotatable bonds is 8. The zero-order valence-corrected chi connectivity index (χ0v) is 11.9. The zero-order valence-electron chi connectivity index (χ0n) is 11.1. The summed E-state index contributed by atoms with van der Waals surface area (Å²) in [7, 11) is -1.84. The second kappa shape index (κ2) is 7.28. The number of methoxy groups -OCH3 is 1. The number of nitrogen functional groups attached to an aromatic ring is 1. The van der Waals surface area contributed by atoms with E-state index in [-0.39, 0.29) is 12.3 Å². The molecule has 0 aromatic heterocycles. The van der Waals surface area contributed by atoms with Crippen molar-refractivity contribution in [2.45, 2.75) is 5.75 Å². The van der Waals surface area contributed by atoms with Crippen molar-refractivity contribution >= 4 is 15.7 Å². The van der Waals surface area contributed by atoms with Crippen LogP contribution in [0.1, 0.15) is 5.56 Å². The van der Waals surface area contributed by atoms with Gasteiger partial charge in [0.15, 0.2) is 0 Å². The van der Waals surface area contributed by atoms with Crippen LogP contribution in [0.5, 0.6) is 0 Å². The zero-order chi connectivity index (χ0) is 14.3. The Bertz CT molecular complexity index is 497. The lowest BCUT2D eigenvalue weighted by atomic mass is 10.2. The van der Waals surface area contributed by atoms with Gasteiger partial charge in [0, 0.05) is 25.9 Å². The molecule has 0 heterocycles. The van der Waals surface area contributed by atoms with Gasteiger partial charge in [0.25, 0.3) is 0 Å². The molecule has 0 bridgehead atoms. The van der Waals surface area contributed by atoms with Crippen molar-refractivity contribution in [2.24, 2.45) is 0 Å². The van der Waals surface area contributed by atoms with Gasteiger partial charge in [-0.15, -0.1) is 6.58 Å². The van der Waals surface area contributed by atoms with E-state index in [0.717, 1.165) is 0 Å². The molecular weight excluding hydrogens is 264 g/mol. The predicted molar refractivity (Wildman–Crippen MR) is 77.1 cm³/mol. The Morgan fingerprint density at radius 3 is 2.53 bits per heavy atom. The summed E-state index contributed by atoms with van der Waals surface area (Å²) in [6.45, 7) is 4.53. The lowest BCUT2D eigenvalue weighted by Crippen LogP contribution is -2.35. The van der Waals surface area contributed by atoms with Crippen LogP contribution in [-0.4, -0.2) is 39.5 Å². The average molecular weight is 284 g/mol. The third-order valence-corrected chi connectivity index (χ3v) is 4.42. The van der Waals surface area contributed by atoms with E-state index in [1.807, 2.05) is 0 Å². The molecule has 0 spiro atoms. The first-order valence-corrected chi connectivity index (χ1v) is 7.52. The van der Waals surface area contributed by atoms with E-state index in [2.05, 4.69) is 6.58 Å². The SMILES string of the molecule is C=CCN(CCOC)S(=O)(=O)Cc1ccc(N)cc1. The molecule has 1 rings (SSSR count). The van der Waals surface area contributed by atoms with Crippen LogP contribution < -0.4 is 5.73 Å². The summed E-state index contributed by atoms with van der Waals surface area (Å²) in [6.07, 6.45) is 1.57. The van der Waals surface area contributed by atoms with Crippen LogP contribution >= 0.6 is 0 Å². The molecule has 0 fully saturated rings. The van der Waals surface area contributed by atoms with Gasteiger partial charge >= 0.3 is 0 Å². The first kappa shape index (κ1) is 15.7. The highest BCUT2D eigenvalue weighted by atomic mass is 32.2. The molecular formula is C13H20N2O3S. The number of nitrogens with zero attached hydrogens (tertiary/aromatic N) is 1. The maximum absolute atomic E-state index is 12.3. The summed E-state index contributed by atoms with van der Waals surface area (Å²) in [5.74, 6) is -0.0508. The minimum Gasteiger partial charge on any atom is -0.399 e. The maximum Gasteiger partial charge on any atom is 0.218 e. The molecule has 106 valence electrons. The van der Waals surface area contributed by atoms with Crippen molar-refractivity contribution in [1.82, 2.24) is 4.31 Å². The van der Waals surface area contributed by atoms with Crippen LogP contribution in [0.25, 0.3) is 0 Å². The molecule has 2 N–H and O–H groups in total. The standard InChI is InChI=1S/C13H20N2O3S/c1-3-8-15(9-10-18-2)19(16,17)11-12-4-6-13(14)7-5-12/h3-7H,1,8-11,14H2,2H3. The Kier molecular flexibility index (Phi) is 6.01. The van der Waals surface area contributed by atoms with Crippen molar-refractivity contribution < 1.29 is 13.2 Å². The third-order valence-electron chi connectivity index (χ3n) is 2.60. The quantitative estimate of drug-likeness (QED) is 0.576. The fourth-order valence-corrected chi connectivity index (χ4v) is 3.08. The highest BCUT2D eigenvalue weighted by Crippen LogP contribution is 2.12. The van der Waals surface area contributed by atoms with Crippen molar-refractivity contribution in [2.75, 3.05) is 32.5 Å². The number of ether oxygens (including phenoxy) is 1. The normalized spacial score (nSPS) is 11.7. The Labute approximate surface area is 114 Å². The van der Waals surface area contributed by atoms with E-state index in [9.17, 15) is 8.42 Å². The van der Waals surface area contributed by atoms with Crippen molar-refractivity contribution in [3.63, 3.8) is 0 Å². The van der Waals surface area contributed by atoms with E-state index in [1.54, 1.807) is 37.5 Å². The Balaban J connectivity index is 2.81. The van der Waals surface area contributed by atoms with Crippen molar-refractivity contribution in [3.05, 3.63) is 42.5 Å². The summed E-state index contributed by atoms with van der Waals surface area (Å²) in [5.41, 5.74) is 6.90. The smallest absolute Gasteiger partial charge is 0.218 e. The van der Waals surface area contributed by atoms with Gasteiger partial charge in [0.1, 0.15) is 0 Å². The van der Waals surface area contributed by atoms with Crippen LogP contribution in [-0.2, 0) is 20.5 Å². The fourth-order valence-electron chi connectivity index (χ4n) is 1.60. The molecule has 0 aliphatic carbocycles. The first-order valence-electron chi connectivity index (χ1n) is 5.91. The number of benzene rings is 1. The van der Waals surface area contributed by atoms with Crippen LogP contribution in [0.3, 0.4) is 0 Å². The summed E-state index contributed by atoms with van der Waals surface area (Å²) in [5, 5.41) is 0. The highest BCUT2D eigenvalue weighted by Gasteiger charge is 2.20. The van der Waals surface area contributed by atoms with Crippen LogP contribution in [0, 0.1) is 0 Å². The Hall–Kier alpha value is -1.37. The van der Waals surface area contributed by atoms with E-state index >= 15 is 0 Å². The Morgan fingerprint density at radius 1 is 1.37 bits per heavy atom. The van der Waals surface area contributed by atoms with Crippen LogP contribution in [0.15, 0.2) is 36.9 Å². The second-order valence-corrected chi connectivity index (χ2v) is 6.11. The highest BCUT2D eigenvalue weighted by molar-refractivity contribution is 7.88. The fraction of sp³-hybridized carbons (Fsp3) is 0.385. The topological polar surface area (TPSA) is 72.6 Å². The summed E-state index contributed by atoms with van der Waals surface area (Å²) in [6, 6.07) is 6.82. The van der Waals surface area contributed by atoms with E-state index in [1.165, 1.54) is 4.31 Å². The van der Waals surface area contributed by atoms with Gasteiger partial charge in [0.2, 0.25) is 10.0 Å².